The van der Waals surface area contributed by atoms with E-state index in [0.29, 0.717) is 6.04 Å². The molecule has 0 aliphatic carbocycles. The highest BCUT2D eigenvalue weighted by molar-refractivity contribution is 5.85. The molecule has 1 aliphatic rings. The molecule has 0 aromatic carbocycles. The molecule has 5 heteroatoms. The first-order valence-corrected chi connectivity index (χ1v) is 5.79. The molecule has 0 aromatic heterocycles. The molecule has 0 spiro atoms. The van der Waals surface area contributed by atoms with Gasteiger partial charge in [0.15, 0.2) is 0 Å². The first-order chi connectivity index (χ1) is 6.74. The van der Waals surface area contributed by atoms with Crippen LogP contribution in [-0.4, -0.2) is 48.8 Å². The van der Waals surface area contributed by atoms with Crippen LogP contribution < -0.4 is 5.32 Å². The van der Waals surface area contributed by atoms with E-state index in [1.807, 2.05) is 0 Å². The van der Waals surface area contributed by atoms with Crippen LogP contribution in [0, 0.1) is 5.92 Å². The van der Waals surface area contributed by atoms with Gasteiger partial charge in [-0.05, 0) is 45.7 Å². The molecule has 1 rings (SSSR count). The molecule has 3 nitrogen and oxygen atoms in total. The molecule has 2 N–H and O–H groups in total. The summed E-state index contributed by atoms with van der Waals surface area (Å²) in [7, 11) is 0. The molecular formula is C11H26Cl2N2O. The van der Waals surface area contributed by atoms with Crippen LogP contribution in [0.4, 0.5) is 0 Å². The van der Waals surface area contributed by atoms with Crippen LogP contribution in [0.1, 0.15) is 26.7 Å². The van der Waals surface area contributed by atoms with Crippen molar-refractivity contribution in [1.29, 1.82) is 0 Å². The van der Waals surface area contributed by atoms with Crippen molar-refractivity contribution in [2.75, 3.05) is 32.8 Å². The highest BCUT2D eigenvalue weighted by Gasteiger charge is 2.18. The molecule has 1 saturated heterocycles. The fourth-order valence-corrected chi connectivity index (χ4v) is 2.08. The minimum atomic E-state index is 0. The van der Waals surface area contributed by atoms with Crippen molar-refractivity contribution in [3.63, 3.8) is 0 Å². The van der Waals surface area contributed by atoms with Crippen LogP contribution in [0.2, 0.25) is 0 Å². The van der Waals surface area contributed by atoms with E-state index in [4.69, 9.17) is 5.11 Å². The average molecular weight is 273 g/mol. The number of hydrogen-bond donors (Lipinski definition) is 2. The Hall–Kier alpha value is 0.460. The number of rotatable bonds is 5. The molecule has 0 radical (unpaired) electrons. The maximum absolute atomic E-state index is 8.96. The second-order valence-corrected chi connectivity index (χ2v) is 4.51. The molecule has 0 atom stereocenters. The Morgan fingerprint density at radius 2 is 1.81 bits per heavy atom. The number of nitrogens with zero attached hydrogens (tertiary/aromatic N) is 1. The lowest BCUT2D eigenvalue weighted by Gasteiger charge is -2.32. The van der Waals surface area contributed by atoms with Gasteiger partial charge in [0, 0.05) is 19.1 Å². The van der Waals surface area contributed by atoms with Crippen LogP contribution in [-0.2, 0) is 0 Å². The molecule has 0 saturated carbocycles. The zero-order valence-corrected chi connectivity index (χ0v) is 11.9. The lowest BCUT2D eigenvalue weighted by Crippen LogP contribution is -2.40. The predicted molar refractivity (Wildman–Crippen MR) is 73.9 cm³/mol. The van der Waals surface area contributed by atoms with Gasteiger partial charge >= 0.3 is 0 Å². The number of nitrogens with one attached hydrogen (secondary N) is 1. The topological polar surface area (TPSA) is 35.5 Å². The van der Waals surface area contributed by atoms with Gasteiger partial charge in [-0.3, -0.25) is 4.90 Å². The Kier molecular flexibility index (Phi) is 12.5. The maximum Gasteiger partial charge on any atom is 0.0558 e. The minimum Gasteiger partial charge on any atom is -0.395 e. The smallest absolute Gasteiger partial charge is 0.0558 e. The van der Waals surface area contributed by atoms with E-state index in [2.05, 4.69) is 24.1 Å². The number of aliphatic hydroxyl groups is 1. The molecule has 1 heterocycles. The first kappa shape index (κ1) is 18.8. The van der Waals surface area contributed by atoms with Crippen molar-refractivity contribution in [2.45, 2.75) is 32.7 Å². The third-order valence-corrected chi connectivity index (χ3v) is 3.07. The molecule has 100 valence electrons. The van der Waals surface area contributed by atoms with Crippen molar-refractivity contribution in [1.82, 2.24) is 10.2 Å². The standard InChI is InChI=1S/C11H24N2O.2ClH/c1-10(2)13(7-8-14)9-11-3-5-12-6-4-11;;/h10-12,14H,3-9H2,1-2H3;2*1H. The van der Waals surface area contributed by atoms with E-state index in [9.17, 15) is 0 Å². The summed E-state index contributed by atoms with van der Waals surface area (Å²) in [4.78, 5) is 2.38. The lowest BCUT2D eigenvalue weighted by atomic mass is 9.97. The molecule has 0 aromatic rings. The average Bonchev–Trinajstić information content (AvgIpc) is 2.18. The van der Waals surface area contributed by atoms with Gasteiger partial charge in [-0.1, -0.05) is 0 Å². The zero-order valence-electron chi connectivity index (χ0n) is 10.3. The van der Waals surface area contributed by atoms with Crippen LogP contribution in [0.3, 0.4) is 0 Å². The van der Waals surface area contributed by atoms with E-state index in [1.165, 1.54) is 12.8 Å². The quantitative estimate of drug-likeness (QED) is 0.797. The molecule has 0 amide bonds. The third-order valence-electron chi connectivity index (χ3n) is 3.07. The lowest BCUT2D eigenvalue weighted by molar-refractivity contribution is 0.135. The van der Waals surface area contributed by atoms with Gasteiger partial charge in [-0.25, -0.2) is 0 Å². The van der Waals surface area contributed by atoms with Gasteiger partial charge in [0.1, 0.15) is 0 Å². The summed E-state index contributed by atoms with van der Waals surface area (Å²) in [6, 6.07) is 0.553. The van der Waals surface area contributed by atoms with Crippen molar-refractivity contribution in [2.24, 2.45) is 5.92 Å². The number of piperidine rings is 1. The van der Waals surface area contributed by atoms with E-state index < -0.39 is 0 Å². The molecular weight excluding hydrogens is 247 g/mol. The minimum absolute atomic E-state index is 0. The molecule has 1 aliphatic heterocycles. The summed E-state index contributed by atoms with van der Waals surface area (Å²) >= 11 is 0. The fourth-order valence-electron chi connectivity index (χ4n) is 2.08. The van der Waals surface area contributed by atoms with Crippen LogP contribution in [0.5, 0.6) is 0 Å². The highest BCUT2D eigenvalue weighted by Crippen LogP contribution is 2.14. The van der Waals surface area contributed by atoms with Gasteiger partial charge in [0.25, 0.3) is 0 Å². The van der Waals surface area contributed by atoms with E-state index >= 15 is 0 Å². The SMILES string of the molecule is CC(C)N(CCO)CC1CCNCC1.Cl.Cl. The van der Waals surface area contributed by atoms with Crippen molar-refractivity contribution in [3.8, 4) is 0 Å². The first-order valence-electron chi connectivity index (χ1n) is 5.79. The summed E-state index contributed by atoms with van der Waals surface area (Å²) in [6.07, 6.45) is 2.57. The second-order valence-electron chi connectivity index (χ2n) is 4.51. The van der Waals surface area contributed by atoms with Crippen molar-refractivity contribution in [3.05, 3.63) is 0 Å². The molecule has 0 unspecified atom stereocenters. The van der Waals surface area contributed by atoms with Crippen LogP contribution >= 0.6 is 24.8 Å². The fraction of sp³-hybridized carbons (Fsp3) is 1.00. The molecule has 16 heavy (non-hydrogen) atoms. The van der Waals surface area contributed by atoms with E-state index in [1.54, 1.807) is 0 Å². The summed E-state index contributed by atoms with van der Waals surface area (Å²) in [5.74, 6) is 0.824. The van der Waals surface area contributed by atoms with Crippen molar-refractivity contribution >= 4 is 24.8 Å². The Bertz CT molecular complexity index is 153. The number of halogens is 2. The van der Waals surface area contributed by atoms with Crippen LogP contribution in [0.25, 0.3) is 0 Å². The predicted octanol–water partition coefficient (Wildman–Crippen LogP) is 1.53. The van der Waals surface area contributed by atoms with Gasteiger partial charge in [-0.2, -0.15) is 0 Å². The Labute approximate surface area is 112 Å². The largest absolute Gasteiger partial charge is 0.395 e. The van der Waals surface area contributed by atoms with Crippen molar-refractivity contribution < 1.29 is 5.11 Å². The third kappa shape index (κ3) is 6.92. The Morgan fingerprint density at radius 1 is 1.25 bits per heavy atom. The highest BCUT2D eigenvalue weighted by atomic mass is 35.5. The maximum atomic E-state index is 8.96. The normalized spacial score (nSPS) is 17.1. The molecule has 1 fully saturated rings. The summed E-state index contributed by atoms with van der Waals surface area (Å²) in [5, 5.41) is 12.3. The zero-order chi connectivity index (χ0) is 10.4. The van der Waals surface area contributed by atoms with E-state index in [-0.39, 0.29) is 31.4 Å². The summed E-state index contributed by atoms with van der Waals surface area (Å²) < 4.78 is 0. The monoisotopic (exact) mass is 272 g/mol. The van der Waals surface area contributed by atoms with Gasteiger partial charge in [0.05, 0.1) is 6.61 Å². The second kappa shape index (κ2) is 10.6. The van der Waals surface area contributed by atoms with Gasteiger partial charge in [0.2, 0.25) is 0 Å². The van der Waals surface area contributed by atoms with Gasteiger partial charge < -0.3 is 10.4 Å². The number of hydrogen-bond acceptors (Lipinski definition) is 3. The van der Waals surface area contributed by atoms with E-state index in [0.717, 1.165) is 32.1 Å². The summed E-state index contributed by atoms with van der Waals surface area (Å²) in [5.41, 5.74) is 0. The van der Waals surface area contributed by atoms with Crippen LogP contribution in [0.15, 0.2) is 0 Å². The Balaban J connectivity index is 0. The Morgan fingerprint density at radius 3 is 2.25 bits per heavy atom. The molecule has 0 bridgehead atoms. The summed E-state index contributed by atoms with van der Waals surface area (Å²) in [6.45, 7) is 8.99. The van der Waals surface area contributed by atoms with Gasteiger partial charge in [-0.15, -0.1) is 24.8 Å². The number of aliphatic hydroxyl groups excluding tert-OH is 1.